The second kappa shape index (κ2) is 8.53. The van der Waals surface area contributed by atoms with Crippen molar-refractivity contribution in [3.63, 3.8) is 0 Å². The van der Waals surface area contributed by atoms with Crippen LogP contribution in [0.5, 0.6) is 0 Å². The molecule has 0 N–H and O–H groups in total. The molecule has 0 amide bonds. The lowest BCUT2D eigenvalue weighted by atomic mass is 9.93. The molecule has 2 heterocycles. The lowest BCUT2D eigenvalue weighted by Crippen LogP contribution is -2.36. The molecule has 1 fully saturated rings. The number of hydrogen-bond donors (Lipinski definition) is 0. The van der Waals surface area contributed by atoms with Crippen molar-refractivity contribution in [2.45, 2.75) is 45.1 Å². The van der Waals surface area contributed by atoms with Crippen LogP contribution in [0.25, 0.3) is 0 Å². The van der Waals surface area contributed by atoms with Crippen LogP contribution in [-0.2, 0) is 0 Å². The number of likely N-dealkylation sites (N-methyl/N-ethyl adjacent to an activating group) is 1. The number of likely N-dealkylation sites (tertiary alicyclic amines) is 1. The molecule has 1 aromatic rings. The average molecular weight is 337 g/mol. The van der Waals surface area contributed by atoms with Crippen LogP contribution in [-0.4, -0.2) is 37.6 Å². The van der Waals surface area contributed by atoms with Crippen molar-refractivity contribution in [2.75, 3.05) is 31.6 Å². The standard InChI is InChI=1S/C21H26N2.C2H6/c1-22-14-8-13-21-19(16-22)18-11-6-7-12-20(18)23(21)15-17-9-4-2-3-5-10-17;1-2/h2-4,6-7,9-12,19,21H,5,8,13-16H2,1H3;1-2H3. The van der Waals surface area contributed by atoms with Gasteiger partial charge in [0.1, 0.15) is 0 Å². The molecule has 2 nitrogen and oxygen atoms in total. The van der Waals surface area contributed by atoms with Gasteiger partial charge in [-0.25, -0.2) is 0 Å². The van der Waals surface area contributed by atoms with Gasteiger partial charge in [-0.15, -0.1) is 0 Å². The van der Waals surface area contributed by atoms with Crippen molar-refractivity contribution in [3.05, 3.63) is 65.8 Å². The number of para-hydroxylation sites is 1. The van der Waals surface area contributed by atoms with E-state index < -0.39 is 0 Å². The topological polar surface area (TPSA) is 6.48 Å². The fourth-order valence-corrected chi connectivity index (χ4v) is 4.38. The van der Waals surface area contributed by atoms with Crippen molar-refractivity contribution in [2.24, 2.45) is 0 Å². The van der Waals surface area contributed by atoms with Crippen LogP contribution in [0.1, 0.15) is 44.6 Å². The number of rotatable bonds is 2. The number of allylic oxidation sites excluding steroid dienone is 4. The SMILES string of the molecule is CC.CN1CCCC2C(C1)c1ccccc1N2CC1=CCC=CC=C1. The summed E-state index contributed by atoms with van der Waals surface area (Å²) >= 11 is 0. The highest BCUT2D eigenvalue weighted by Gasteiger charge is 2.39. The maximum absolute atomic E-state index is 2.68. The summed E-state index contributed by atoms with van der Waals surface area (Å²) in [6, 6.07) is 9.73. The summed E-state index contributed by atoms with van der Waals surface area (Å²) < 4.78 is 0. The summed E-state index contributed by atoms with van der Waals surface area (Å²) in [5, 5.41) is 0. The van der Waals surface area contributed by atoms with Crippen molar-refractivity contribution < 1.29 is 0 Å². The van der Waals surface area contributed by atoms with Crippen LogP contribution in [0, 0.1) is 0 Å². The molecule has 2 heteroatoms. The molecular weight excluding hydrogens is 304 g/mol. The smallest absolute Gasteiger partial charge is 0.0429 e. The van der Waals surface area contributed by atoms with Crippen LogP contribution in [0.15, 0.2) is 60.2 Å². The zero-order chi connectivity index (χ0) is 17.6. The Labute approximate surface area is 153 Å². The third-order valence-corrected chi connectivity index (χ3v) is 5.49. The average Bonchev–Trinajstić information content (AvgIpc) is 2.87. The van der Waals surface area contributed by atoms with Crippen LogP contribution < -0.4 is 4.90 Å². The molecule has 1 aromatic carbocycles. The lowest BCUT2D eigenvalue weighted by molar-refractivity contribution is 0.330. The first-order valence-corrected chi connectivity index (χ1v) is 9.89. The fourth-order valence-electron chi connectivity index (χ4n) is 4.38. The Hall–Kier alpha value is -1.80. The minimum atomic E-state index is 0.655. The van der Waals surface area contributed by atoms with Gasteiger partial charge in [-0.2, -0.15) is 0 Å². The van der Waals surface area contributed by atoms with E-state index in [-0.39, 0.29) is 0 Å². The lowest BCUT2D eigenvalue weighted by Gasteiger charge is -2.30. The molecule has 1 aliphatic carbocycles. The van der Waals surface area contributed by atoms with E-state index in [0.29, 0.717) is 12.0 Å². The molecule has 3 aliphatic rings. The van der Waals surface area contributed by atoms with Gasteiger partial charge in [0.15, 0.2) is 0 Å². The summed E-state index contributed by atoms with van der Waals surface area (Å²) in [7, 11) is 2.27. The number of nitrogens with zero attached hydrogens (tertiary/aromatic N) is 2. The summed E-state index contributed by atoms with van der Waals surface area (Å²) in [5.41, 5.74) is 4.47. The normalized spacial score (nSPS) is 25.2. The summed E-state index contributed by atoms with van der Waals surface area (Å²) in [5.74, 6) is 0.659. The van der Waals surface area contributed by atoms with Crippen molar-refractivity contribution in [1.82, 2.24) is 4.90 Å². The number of anilines is 1. The maximum Gasteiger partial charge on any atom is 0.0429 e. The summed E-state index contributed by atoms with van der Waals surface area (Å²) in [6.45, 7) is 7.46. The quantitative estimate of drug-likeness (QED) is 0.736. The highest BCUT2D eigenvalue weighted by Crippen LogP contribution is 2.44. The van der Waals surface area contributed by atoms with E-state index in [4.69, 9.17) is 0 Å². The summed E-state index contributed by atoms with van der Waals surface area (Å²) in [4.78, 5) is 5.19. The van der Waals surface area contributed by atoms with Gasteiger partial charge in [-0.05, 0) is 50.1 Å². The predicted octanol–water partition coefficient (Wildman–Crippen LogP) is 5.15. The minimum absolute atomic E-state index is 0.655. The molecule has 2 atom stereocenters. The van der Waals surface area contributed by atoms with Crippen molar-refractivity contribution in [3.8, 4) is 0 Å². The van der Waals surface area contributed by atoms with Crippen LogP contribution >= 0.6 is 0 Å². The van der Waals surface area contributed by atoms with Crippen LogP contribution in [0.2, 0.25) is 0 Å². The Balaban J connectivity index is 0.000000880. The Morgan fingerprint density at radius 1 is 1.12 bits per heavy atom. The van der Waals surface area contributed by atoms with Gasteiger partial charge in [0.2, 0.25) is 0 Å². The van der Waals surface area contributed by atoms with Gasteiger partial charge < -0.3 is 9.80 Å². The molecule has 2 unspecified atom stereocenters. The second-order valence-corrected chi connectivity index (χ2v) is 7.07. The van der Waals surface area contributed by atoms with Gasteiger partial charge in [-0.3, -0.25) is 0 Å². The van der Waals surface area contributed by atoms with Gasteiger partial charge in [0.25, 0.3) is 0 Å². The zero-order valence-electron chi connectivity index (χ0n) is 16.0. The number of fused-ring (bicyclic) bond motifs is 3. The molecule has 0 radical (unpaired) electrons. The highest BCUT2D eigenvalue weighted by atomic mass is 15.2. The van der Waals surface area contributed by atoms with E-state index >= 15 is 0 Å². The Morgan fingerprint density at radius 3 is 2.84 bits per heavy atom. The molecule has 25 heavy (non-hydrogen) atoms. The number of hydrogen-bond acceptors (Lipinski definition) is 2. The Kier molecular flexibility index (Phi) is 6.14. The van der Waals surface area contributed by atoms with Crippen LogP contribution in [0.3, 0.4) is 0 Å². The molecule has 4 rings (SSSR count). The zero-order valence-corrected chi connectivity index (χ0v) is 16.0. The van der Waals surface area contributed by atoms with E-state index in [1.807, 2.05) is 13.8 Å². The fraction of sp³-hybridized carbons (Fsp3) is 0.478. The van der Waals surface area contributed by atoms with E-state index in [0.717, 1.165) is 13.0 Å². The summed E-state index contributed by atoms with van der Waals surface area (Å²) in [6.07, 6.45) is 14.9. The van der Waals surface area contributed by atoms with Crippen LogP contribution in [0.4, 0.5) is 5.69 Å². The molecule has 0 aromatic heterocycles. The predicted molar refractivity (Wildman–Crippen MR) is 109 cm³/mol. The van der Waals surface area contributed by atoms with Gasteiger partial charge in [0, 0.05) is 30.7 Å². The van der Waals surface area contributed by atoms with Gasteiger partial charge >= 0.3 is 0 Å². The minimum Gasteiger partial charge on any atom is -0.363 e. The number of benzene rings is 1. The first-order chi connectivity index (χ1) is 12.3. The molecule has 134 valence electrons. The first-order valence-electron chi connectivity index (χ1n) is 9.89. The third kappa shape index (κ3) is 3.90. The molecular formula is C23H32N2. The molecule has 0 spiro atoms. The van der Waals surface area contributed by atoms with Gasteiger partial charge in [-0.1, -0.05) is 62.4 Å². The molecule has 0 bridgehead atoms. The molecule has 0 saturated carbocycles. The van der Waals surface area contributed by atoms with E-state index in [9.17, 15) is 0 Å². The van der Waals surface area contributed by atoms with E-state index in [1.54, 1.807) is 5.56 Å². The second-order valence-electron chi connectivity index (χ2n) is 7.07. The van der Waals surface area contributed by atoms with Gasteiger partial charge in [0.05, 0.1) is 0 Å². The molecule has 1 saturated heterocycles. The van der Waals surface area contributed by atoms with Crippen molar-refractivity contribution >= 4 is 5.69 Å². The Morgan fingerprint density at radius 2 is 1.96 bits per heavy atom. The molecule has 2 aliphatic heterocycles. The Bertz CT molecular complexity index is 656. The van der Waals surface area contributed by atoms with E-state index in [1.165, 1.54) is 37.2 Å². The highest BCUT2D eigenvalue weighted by molar-refractivity contribution is 5.63. The maximum atomic E-state index is 2.68. The van der Waals surface area contributed by atoms with Crippen molar-refractivity contribution in [1.29, 1.82) is 0 Å². The first kappa shape index (κ1) is 18.0. The monoisotopic (exact) mass is 336 g/mol. The largest absolute Gasteiger partial charge is 0.363 e. The van der Waals surface area contributed by atoms with E-state index in [2.05, 4.69) is 71.5 Å². The third-order valence-electron chi connectivity index (χ3n) is 5.49.